The van der Waals surface area contributed by atoms with Gasteiger partial charge in [0, 0.05) is 17.4 Å². The Balaban J connectivity index is 1.74. The monoisotopic (exact) mass is 328 g/mol. The van der Waals surface area contributed by atoms with E-state index in [9.17, 15) is 18.0 Å². The second-order valence-corrected chi connectivity index (χ2v) is 6.50. The maximum absolute atomic E-state index is 12.8. The minimum absolute atomic E-state index is 0.202. The molecule has 1 heterocycles. The van der Waals surface area contributed by atoms with E-state index in [0.29, 0.717) is 18.8 Å². The highest BCUT2D eigenvalue weighted by molar-refractivity contribution is 5.69. The number of alkyl halides is 3. The van der Waals surface area contributed by atoms with Crippen molar-refractivity contribution in [3.8, 4) is 5.75 Å². The molecule has 3 rings (SSSR count). The van der Waals surface area contributed by atoms with Crippen LogP contribution in [0.1, 0.15) is 43.2 Å². The zero-order valence-electron chi connectivity index (χ0n) is 12.9. The lowest BCUT2D eigenvalue weighted by atomic mass is 9.67. The molecule has 0 saturated heterocycles. The van der Waals surface area contributed by atoms with Crippen molar-refractivity contribution >= 4 is 5.97 Å². The molecule has 1 spiro atoms. The number of benzene rings is 1. The number of halogens is 3. The van der Waals surface area contributed by atoms with E-state index in [-0.39, 0.29) is 17.3 Å². The van der Waals surface area contributed by atoms with E-state index in [2.05, 4.69) is 0 Å². The number of carbonyl (C=O) groups is 1. The molecular weight excluding hydrogens is 309 g/mol. The van der Waals surface area contributed by atoms with Crippen LogP contribution in [0.25, 0.3) is 0 Å². The van der Waals surface area contributed by atoms with Gasteiger partial charge in [-0.2, -0.15) is 13.2 Å². The molecule has 0 unspecified atom stereocenters. The van der Waals surface area contributed by atoms with Gasteiger partial charge in [-0.05, 0) is 43.7 Å². The van der Waals surface area contributed by atoms with Gasteiger partial charge in [0.25, 0.3) is 0 Å². The summed E-state index contributed by atoms with van der Waals surface area (Å²) in [7, 11) is 1.38. The SMILES string of the molecule is COC(=O)CC1CCC2(CC1)COc1cc(C(F)(F)F)ccc12. The van der Waals surface area contributed by atoms with Crippen molar-refractivity contribution in [1.29, 1.82) is 0 Å². The molecular formula is C17H19F3O3. The molecule has 6 heteroatoms. The number of hydrogen-bond donors (Lipinski definition) is 0. The zero-order chi connectivity index (χ0) is 16.7. The van der Waals surface area contributed by atoms with Crippen molar-refractivity contribution in [3.05, 3.63) is 29.3 Å². The lowest BCUT2D eigenvalue weighted by Gasteiger charge is -2.36. The predicted molar refractivity (Wildman–Crippen MR) is 77.2 cm³/mol. The quantitative estimate of drug-likeness (QED) is 0.767. The Hall–Kier alpha value is -1.72. The van der Waals surface area contributed by atoms with Crippen LogP contribution in [0.2, 0.25) is 0 Å². The van der Waals surface area contributed by atoms with Crippen LogP contribution in [0.5, 0.6) is 5.75 Å². The van der Waals surface area contributed by atoms with Gasteiger partial charge >= 0.3 is 12.1 Å². The average Bonchev–Trinajstić information content (AvgIpc) is 2.87. The van der Waals surface area contributed by atoms with Gasteiger partial charge in [-0.3, -0.25) is 4.79 Å². The van der Waals surface area contributed by atoms with Crippen LogP contribution in [0.4, 0.5) is 13.2 Å². The number of rotatable bonds is 2. The molecule has 0 amide bonds. The number of hydrogen-bond acceptors (Lipinski definition) is 3. The number of carbonyl (C=O) groups excluding carboxylic acids is 1. The van der Waals surface area contributed by atoms with Crippen LogP contribution in [0.15, 0.2) is 18.2 Å². The molecule has 1 aliphatic carbocycles. The topological polar surface area (TPSA) is 35.5 Å². The van der Waals surface area contributed by atoms with Gasteiger partial charge in [0.1, 0.15) is 5.75 Å². The second-order valence-electron chi connectivity index (χ2n) is 6.50. The summed E-state index contributed by atoms with van der Waals surface area (Å²) < 4.78 is 48.7. The van der Waals surface area contributed by atoms with Crippen LogP contribution >= 0.6 is 0 Å². The summed E-state index contributed by atoms with van der Waals surface area (Å²) in [6.45, 7) is 0.425. The lowest BCUT2D eigenvalue weighted by Crippen LogP contribution is -2.34. The Kier molecular flexibility index (Phi) is 4.02. The van der Waals surface area contributed by atoms with Crippen LogP contribution < -0.4 is 4.74 Å². The summed E-state index contributed by atoms with van der Waals surface area (Å²) >= 11 is 0. The van der Waals surface area contributed by atoms with Crippen LogP contribution in [-0.2, 0) is 21.1 Å². The van der Waals surface area contributed by atoms with Crippen LogP contribution in [0.3, 0.4) is 0 Å². The van der Waals surface area contributed by atoms with Crippen molar-refractivity contribution in [2.75, 3.05) is 13.7 Å². The largest absolute Gasteiger partial charge is 0.492 e. The molecule has 0 N–H and O–H groups in total. The van der Waals surface area contributed by atoms with E-state index >= 15 is 0 Å². The van der Waals surface area contributed by atoms with E-state index in [4.69, 9.17) is 9.47 Å². The molecule has 1 aromatic carbocycles. The lowest BCUT2D eigenvalue weighted by molar-refractivity contribution is -0.142. The summed E-state index contributed by atoms with van der Waals surface area (Å²) in [5.74, 6) is 0.432. The first kappa shape index (κ1) is 16.1. The third-order valence-electron chi connectivity index (χ3n) is 5.13. The number of esters is 1. The van der Waals surface area contributed by atoms with Crippen molar-refractivity contribution in [3.63, 3.8) is 0 Å². The highest BCUT2D eigenvalue weighted by atomic mass is 19.4. The Morgan fingerprint density at radius 1 is 1.35 bits per heavy atom. The third kappa shape index (κ3) is 3.03. The third-order valence-corrected chi connectivity index (χ3v) is 5.13. The molecule has 1 aromatic rings. The highest BCUT2D eigenvalue weighted by Gasteiger charge is 2.44. The summed E-state index contributed by atoms with van der Waals surface area (Å²) in [5.41, 5.74) is 0.00112. The van der Waals surface area contributed by atoms with Gasteiger partial charge in [0.2, 0.25) is 0 Å². The first-order valence-corrected chi connectivity index (χ1v) is 7.75. The molecule has 0 bridgehead atoms. The first-order valence-electron chi connectivity index (χ1n) is 7.75. The van der Waals surface area contributed by atoms with Gasteiger partial charge in [-0.15, -0.1) is 0 Å². The smallest absolute Gasteiger partial charge is 0.416 e. The number of ether oxygens (including phenoxy) is 2. The fourth-order valence-electron chi connectivity index (χ4n) is 3.72. The van der Waals surface area contributed by atoms with Crippen molar-refractivity contribution < 1.29 is 27.4 Å². The normalized spacial score (nSPS) is 26.7. The molecule has 23 heavy (non-hydrogen) atoms. The Morgan fingerprint density at radius 3 is 2.65 bits per heavy atom. The summed E-state index contributed by atoms with van der Waals surface area (Å²) in [4.78, 5) is 11.4. The minimum Gasteiger partial charge on any atom is -0.492 e. The predicted octanol–water partition coefficient (Wildman–Crippen LogP) is 4.09. The van der Waals surface area contributed by atoms with E-state index in [1.807, 2.05) is 0 Å². The summed E-state index contributed by atoms with van der Waals surface area (Å²) in [5, 5.41) is 0. The zero-order valence-corrected chi connectivity index (χ0v) is 12.9. The Bertz CT molecular complexity index is 602. The maximum Gasteiger partial charge on any atom is 0.416 e. The van der Waals surface area contributed by atoms with E-state index < -0.39 is 11.7 Å². The van der Waals surface area contributed by atoms with Gasteiger partial charge < -0.3 is 9.47 Å². The van der Waals surface area contributed by atoms with Crippen molar-refractivity contribution in [2.24, 2.45) is 5.92 Å². The molecule has 2 aliphatic rings. The summed E-state index contributed by atoms with van der Waals surface area (Å²) in [6.07, 6.45) is -0.572. The minimum atomic E-state index is -4.35. The van der Waals surface area contributed by atoms with Gasteiger partial charge in [-0.25, -0.2) is 0 Å². The van der Waals surface area contributed by atoms with E-state index in [1.165, 1.54) is 7.11 Å². The first-order chi connectivity index (χ1) is 10.8. The maximum atomic E-state index is 12.8. The fourth-order valence-corrected chi connectivity index (χ4v) is 3.72. The fraction of sp³-hybridized carbons (Fsp3) is 0.588. The molecule has 126 valence electrons. The second kappa shape index (κ2) is 5.73. The number of methoxy groups -OCH3 is 1. The van der Waals surface area contributed by atoms with Gasteiger partial charge in [0.05, 0.1) is 19.3 Å². The molecule has 1 fully saturated rings. The molecule has 0 radical (unpaired) electrons. The van der Waals surface area contributed by atoms with Gasteiger partial charge in [0.15, 0.2) is 0 Å². The standard InChI is InChI=1S/C17H19F3O3/c1-22-15(21)8-11-4-6-16(7-5-11)10-23-14-9-12(17(18,19)20)2-3-13(14)16/h2-3,9,11H,4-8,10H2,1H3. The Labute approximate surface area is 132 Å². The Morgan fingerprint density at radius 2 is 2.04 bits per heavy atom. The molecule has 3 nitrogen and oxygen atoms in total. The van der Waals surface area contributed by atoms with Gasteiger partial charge in [-0.1, -0.05) is 6.07 Å². The average molecular weight is 328 g/mol. The van der Waals surface area contributed by atoms with Crippen molar-refractivity contribution in [2.45, 2.75) is 43.7 Å². The molecule has 1 aliphatic heterocycles. The number of fused-ring (bicyclic) bond motifs is 2. The van der Waals surface area contributed by atoms with Crippen LogP contribution in [-0.4, -0.2) is 19.7 Å². The molecule has 0 atom stereocenters. The molecule has 0 aromatic heterocycles. The van der Waals surface area contributed by atoms with Crippen molar-refractivity contribution in [1.82, 2.24) is 0 Å². The highest BCUT2D eigenvalue weighted by Crippen LogP contribution is 2.50. The van der Waals surface area contributed by atoms with E-state index in [1.54, 1.807) is 6.07 Å². The molecule has 1 saturated carbocycles. The van der Waals surface area contributed by atoms with Crippen LogP contribution in [0, 0.1) is 5.92 Å². The summed E-state index contributed by atoms with van der Waals surface area (Å²) in [6, 6.07) is 3.80. The van der Waals surface area contributed by atoms with E-state index in [0.717, 1.165) is 43.4 Å².